The van der Waals surface area contributed by atoms with Crippen molar-refractivity contribution in [1.29, 1.82) is 0 Å². The molecule has 0 aliphatic rings. The highest BCUT2D eigenvalue weighted by atomic mass is 16.3. The van der Waals surface area contributed by atoms with Crippen LogP contribution < -0.4 is 0 Å². The fourth-order valence-electron chi connectivity index (χ4n) is 7.07. The third-order valence-corrected chi connectivity index (χ3v) is 9.24. The smallest absolute Gasteiger partial charge is 0.136 e. The molecular weight excluding hydrogens is 593 g/mol. The molecule has 0 N–H and O–H groups in total. The Bertz CT molecular complexity index is 3430. The van der Waals surface area contributed by atoms with Crippen molar-refractivity contribution in [3.05, 3.63) is 182 Å². The van der Waals surface area contributed by atoms with Crippen LogP contribution in [0.3, 0.4) is 0 Å². The van der Waals surface area contributed by atoms with Crippen molar-refractivity contribution in [2.24, 2.45) is 0 Å². The van der Waals surface area contributed by atoms with E-state index in [9.17, 15) is 5.48 Å². The van der Waals surface area contributed by atoms with Crippen LogP contribution in [0.2, 0.25) is 0 Å². The molecule has 1 heterocycles. The minimum absolute atomic E-state index is 0.0477. The van der Waals surface area contributed by atoms with E-state index >= 15 is 0 Å². The molecule has 0 aliphatic carbocycles. The predicted molar refractivity (Wildman–Crippen MR) is 208 cm³/mol. The average Bonchev–Trinajstić information content (AvgIpc) is 3.68. The fourth-order valence-corrected chi connectivity index (χ4v) is 7.07. The molecule has 49 heavy (non-hydrogen) atoms. The molecule has 1 nitrogen and oxygen atoms in total. The van der Waals surface area contributed by atoms with Gasteiger partial charge in [0.25, 0.3) is 0 Å². The van der Waals surface area contributed by atoms with Crippen LogP contribution in [0.15, 0.2) is 186 Å². The van der Waals surface area contributed by atoms with E-state index in [1.807, 2.05) is 66.7 Å². The summed E-state index contributed by atoms with van der Waals surface area (Å²) >= 11 is 0. The molecule has 9 aromatic carbocycles. The van der Waals surface area contributed by atoms with E-state index in [2.05, 4.69) is 48.5 Å². The Hall–Kier alpha value is -6.44. The quantitative estimate of drug-likeness (QED) is 0.176. The van der Waals surface area contributed by atoms with Gasteiger partial charge in [0, 0.05) is 10.8 Å². The van der Waals surface area contributed by atoms with Gasteiger partial charge in [0.2, 0.25) is 0 Å². The predicted octanol–water partition coefficient (Wildman–Crippen LogP) is 13.7. The summed E-state index contributed by atoms with van der Waals surface area (Å²) in [6, 6.07) is 32.5. The van der Waals surface area contributed by atoms with E-state index in [4.69, 9.17) is 14.0 Å². The summed E-state index contributed by atoms with van der Waals surface area (Å²) in [5, 5.41) is 5.49. The van der Waals surface area contributed by atoms with Crippen molar-refractivity contribution in [2.75, 3.05) is 0 Å². The first-order valence-electron chi connectivity index (χ1n) is 21.4. The molecule has 1 heteroatoms. The van der Waals surface area contributed by atoms with Gasteiger partial charge in [0.05, 0.1) is 15.1 Å². The van der Waals surface area contributed by atoms with Gasteiger partial charge in [0.1, 0.15) is 11.2 Å². The first kappa shape index (κ1) is 18.8. The molecule has 0 aliphatic heterocycles. The number of hydrogen-bond donors (Lipinski definition) is 0. The van der Waals surface area contributed by atoms with Gasteiger partial charge < -0.3 is 4.42 Å². The lowest BCUT2D eigenvalue weighted by molar-refractivity contribution is 0.669. The summed E-state index contributed by atoms with van der Waals surface area (Å²) in [7, 11) is 0. The van der Waals surface area contributed by atoms with Gasteiger partial charge in [-0.3, -0.25) is 0 Å². The summed E-state index contributed by atoms with van der Waals surface area (Å²) in [6.07, 6.45) is 0. The van der Waals surface area contributed by atoms with Gasteiger partial charge in [-0.1, -0.05) is 151 Å². The van der Waals surface area contributed by atoms with Crippen LogP contribution in [-0.2, 0) is 0 Å². The van der Waals surface area contributed by atoms with Gasteiger partial charge in [-0.15, -0.1) is 0 Å². The highest BCUT2D eigenvalue weighted by molar-refractivity contribution is 6.25. The molecule has 1 aromatic heterocycles. The maximum absolute atomic E-state index is 9.48. The van der Waals surface area contributed by atoms with Gasteiger partial charge >= 0.3 is 0 Å². The lowest BCUT2D eigenvalue weighted by atomic mass is 9.84. The van der Waals surface area contributed by atoms with Crippen molar-refractivity contribution in [1.82, 2.24) is 0 Å². The van der Waals surface area contributed by atoms with Crippen molar-refractivity contribution in [2.45, 2.75) is 0 Å². The molecule has 0 bridgehead atoms. The molecule has 0 unspecified atom stereocenters. The number of benzene rings is 9. The van der Waals surface area contributed by atoms with Crippen molar-refractivity contribution >= 4 is 54.3 Å². The molecule has 228 valence electrons. The molecule has 0 fully saturated rings. The summed E-state index contributed by atoms with van der Waals surface area (Å²) in [5.41, 5.74) is 3.51. The maximum Gasteiger partial charge on any atom is 0.136 e. The molecule has 0 saturated heterocycles. The van der Waals surface area contributed by atoms with Crippen molar-refractivity contribution < 1.29 is 19.5 Å². The second-order valence-electron chi connectivity index (χ2n) is 12.0. The Labute approximate surface area is 299 Å². The third-order valence-electron chi connectivity index (χ3n) is 9.24. The van der Waals surface area contributed by atoms with Crippen molar-refractivity contribution in [3.63, 3.8) is 0 Å². The second kappa shape index (κ2) is 11.1. The topological polar surface area (TPSA) is 13.1 Å². The van der Waals surface area contributed by atoms with E-state index in [0.29, 0.717) is 5.56 Å². The zero-order valence-corrected chi connectivity index (χ0v) is 25.9. The number of rotatable bonds is 4. The summed E-state index contributed by atoms with van der Waals surface area (Å²) in [5.74, 6) is 0. The lowest BCUT2D eigenvalue weighted by Gasteiger charge is -2.18. The lowest BCUT2D eigenvalue weighted by Crippen LogP contribution is -1.91. The van der Waals surface area contributed by atoms with Crippen LogP contribution in [0.25, 0.3) is 98.8 Å². The molecule has 0 radical (unpaired) electrons. The summed E-state index contributed by atoms with van der Waals surface area (Å²) < 4.78 is 103. The molecule has 0 saturated carbocycles. The minimum atomic E-state index is -0.655. The Morgan fingerprint density at radius 3 is 1.84 bits per heavy atom. The summed E-state index contributed by atoms with van der Waals surface area (Å²) in [6.45, 7) is 0. The van der Waals surface area contributed by atoms with Gasteiger partial charge in [-0.25, -0.2) is 0 Å². The zero-order chi connectivity index (χ0) is 41.9. The van der Waals surface area contributed by atoms with Gasteiger partial charge in [-0.05, 0) is 107 Å². The van der Waals surface area contributed by atoms with Crippen molar-refractivity contribution in [3.8, 4) is 44.5 Å². The Morgan fingerprint density at radius 2 is 1.06 bits per heavy atom. The largest absolute Gasteiger partial charge is 0.456 e. The van der Waals surface area contributed by atoms with Crippen LogP contribution in [0.5, 0.6) is 0 Å². The van der Waals surface area contributed by atoms with Crippen LogP contribution in [0.1, 0.15) is 15.1 Å². The van der Waals surface area contributed by atoms with Crippen LogP contribution in [-0.4, -0.2) is 0 Å². The second-order valence-corrected chi connectivity index (χ2v) is 12.0. The van der Waals surface area contributed by atoms with E-state index in [0.717, 1.165) is 54.6 Å². The molecule has 10 rings (SSSR count). The standard InChI is InChI=1S/C48H30O/c1-2-12-31(13-3-1)36-26-27-42-45(30-36)49-44-23-11-22-43(48(42)44)47-40-20-8-6-18-38(40)46(39-19-7-9-21-41(39)47)37-17-10-16-34(29-37)35-25-24-32-14-4-5-15-33(32)28-35/h1-30H/i1D,2D,3D,11D,12D,13D,22D,23D,26D,27D,30D. The molecule has 0 amide bonds. The van der Waals surface area contributed by atoms with Crippen LogP contribution >= 0.6 is 0 Å². The highest BCUT2D eigenvalue weighted by Gasteiger charge is 2.20. The number of fused-ring (bicyclic) bond motifs is 6. The number of furan rings is 1. The average molecular weight is 634 g/mol. The van der Waals surface area contributed by atoms with Gasteiger partial charge in [-0.2, -0.15) is 0 Å². The van der Waals surface area contributed by atoms with Crippen LogP contribution in [0, 0.1) is 0 Å². The fraction of sp³-hybridized carbons (Fsp3) is 0. The maximum atomic E-state index is 9.48. The Balaban J connectivity index is 1.30. The molecule has 0 spiro atoms. The van der Waals surface area contributed by atoms with Gasteiger partial charge in [0.15, 0.2) is 0 Å². The first-order chi connectivity index (χ1) is 28.9. The Morgan fingerprint density at radius 1 is 0.388 bits per heavy atom. The monoisotopic (exact) mass is 633 g/mol. The third kappa shape index (κ3) is 4.47. The van der Waals surface area contributed by atoms with E-state index in [-0.39, 0.29) is 39.1 Å². The molecule has 10 aromatic rings. The summed E-state index contributed by atoms with van der Waals surface area (Å²) in [4.78, 5) is 0. The number of hydrogen-bond acceptors (Lipinski definition) is 1. The SMILES string of the molecule is [2H]c1c([2H])c([2H])c(-c2c([2H])c([2H])c3c(oc4c([2H])c([2H])c([2H])c(-c5c6ccccc6c(-c6cccc(-c7ccc8ccccc8c7)c6)c6ccccc56)c43)c2[2H])c([2H])c1[2H]. The van der Waals surface area contributed by atoms with E-state index < -0.39 is 66.0 Å². The molecule has 0 atom stereocenters. The minimum Gasteiger partial charge on any atom is -0.456 e. The Kier molecular flexibility index (Phi) is 4.25. The first-order valence-corrected chi connectivity index (χ1v) is 15.9. The van der Waals surface area contributed by atoms with Crippen LogP contribution in [0.4, 0.5) is 0 Å². The van der Waals surface area contributed by atoms with E-state index in [1.165, 1.54) is 0 Å². The zero-order valence-electron chi connectivity index (χ0n) is 36.9. The van der Waals surface area contributed by atoms with E-state index in [1.54, 1.807) is 0 Å². The normalized spacial score (nSPS) is 14.8. The molecular formula is C48H30O. The highest BCUT2D eigenvalue weighted by Crippen LogP contribution is 2.47.